The lowest BCUT2D eigenvalue weighted by Gasteiger charge is -2.41. The fraction of sp³-hybridized carbons (Fsp3) is 0.263. The third-order valence-corrected chi connectivity index (χ3v) is 4.49. The summed E-state index contributed by atoms with van der Waals surface area (Å²) in [6.45, 7) is 4.05. The average Bonchev–Trinajstić information content (AvgIpc) is 2.61. The Morgan fingerprint density at radius 2 is 1.88 bits per heavy atom. The Kier molecular flexibility index (Phi) is 4.25. The molecule has 0 saturated carbocycles. The molecule has 0 radical (unpaired) electrons. The van der Waals surface area contributed by atoms with Crippen LogP contribution in [0.1, 0.15) is 52.7 Å². The van der Waals surface area contributed by atoms with E-state index in [0.29, 0.717) is 5.56 Å². The standard InChI is InChI=1S/C19H20N2O3/c1-3-12(2)21-17(13-8-10-14(11-9-13)19(23)24)20-16-7-5-4-6-15(16)18(21)22/h4-12,17,20H,3H2,1-2H3,(H,23,24)/p-1/t12-,17-/m0/s1. The molecule has 1 N–H and O–H groups in total. The van der Waals surface area contributed by atoms with Crippen molar-refractivity contribution in [1.82, 2.24) is 4.90 Å². The lowest BCUT2D eigenvalue weighted by molar-refractivity contribution is -0.255. The summed E-state index contributed by atoms with van der Waals surface area (Å²) in [5.74, 6) is -1.23. The maximum atomic E-state index is 13.0. The number of amides is 1. The summed E-state index contributed by atoms with van der Waals surface area (Å²) >= 11 is 0. The summed E-state index contributed by atoms with van der Waals surface area (Å²) in [6.07, 6.45) is 0.488. The number of rotatable bonds is 4. The number of para-hydroxylation sites is 1. The second-order valence-corrected chi connectivity index (χ2v) is 5.97. The molecule has 0 aromatic heterocycles. The molecule has 0 aliphatic carbocycles. The van der Waals surface area contributed by atoms with Crippen molar-refractivity contribution in [3.63, 3.8) is 0 Å². The monoisotopic (exact) mass is 323 g/mol. The fourth-order valence-corrected chi connectivity index (χ4v) is 2.97. The molecular weight excluding hydrogens is 304 g/mol. The maximum absolute atomic E-state index is 13.0. The van der Waals surface area contributed by atoms with Crippen molar-refractivity contribution in [2.24, 2.45) is 0 Å². The number of aromatic carboxylic acids is 1. The molecule has 1 heterocycles. The largest absolute Gasteiger partial charge is 0.545 e. The van der Waals surface area contributed by atoms with Crippen LogP contribution in [-0.2, 0) is 0 Å². The van der Waals surface area contributed by atoms with Gasteiger partial charge in [0.25, 0.3) is 5.91 Å². The van der Waals surface area contributed by atoms with Crippen molar-refractivity contribution in [2.75, 3.05) is 5.32 Å². The van der Waals surface area contributed by atoms with Gasteiger partial charge in [-0.3, -0.25) is 4.79 Å². The molecule has 5 nitrogen and oxygen atoms in total. The summed E-state index contributed by atoms with van der Waals surface area (Å²) in [5, 5.41) is 14.3. The van der Waals surface area contributed by atoms with Crippen LogP contribution in [-0.4, -0.2) is 22.8 Å². The number of hydrogen-bond acceptors (Lipinski definition) is 4. The molecule has 24 heavy (non-hydrogen) atoms. The number of carboxylic acid groups (broad SMARTS) is 1. The smallest absolute Gasteiger partial charge is 0.258 e. The van der Waals surface area contributed by atoms with Crippen LogP contribution in [0.3, 0.4) is 0 Å². The van der Waals surface area contributed by atoms with Crippen LogP contribution < -0.4 is 10.4 Å². The van der Waals surface area contributed by atoms with Gasteiger partial charge in [0.05, 0.1) is 11.5 Å². The van der Waals surface area contributed by atoms with E-state index in [2.05, 4.69) is 5.32 Å². The number of carbonyl (C=O) groups is 2. The molecule has 0 unspecified atom stereocenters. The van der Waals surface area contributed by atoms with Crippen LogP contribution in [0.4, 0.5) is 5.69 Å². The highest BCUT2D eigenvalue weighted by Gasteiger charge is 2.35. The number of anilines is 1. The van der Waals surface area contributed by atoms with Crippen molar-refractivity contribution in [3.8, 4) is 0 Å². The molecule has 124 valence electrons. The first-order valence-electron chi connectivity index (χ1n) is 8.02. The van der Waals surface area contributed by atoms with Gasteiger partial charge in [-0.15, -0.1) is 0 Å². The Morgan fingerprint density at radius 1 is 1.21 bits per heavy atom. The molecule has 3 rings (SSSR count). The van der Waals surface area contributed by atoms with Gasteiger partial charge >= 0.3 is 0 Å². The van der Waals surface area contributed by atoms with Crippen molar-refractivity contribution in [3.05, 3.63) is 65.2 Å². The molecule has 1 aliphatic heterocycles. The van der Waals surface area contributed by atoms with E-state index in [1.807, 2.05) is 43.0 Å². The molecule has 2 aromatic carbocycles. The Morgan fingerprint density at radius 3 is 2.50 bits per heavy atom. The molecule has 0 bridgehead atoms. The van der Waals surface area contributed by atoms with Crippen LogP contribution in [0.25, 0.3) is 0 Å². The first-order valence-corrected chi connectivity index (χ1v) is 8.02. The molecule has 1 aliphatic rings. The minimum atomic E-state index is -1.21. The third-order valence-electron chi connectivity index (χ3n) is 4.49. The van der Waals surface area contributed by atoms with Crippen molar-refractivity contribution < 1.29 is 14.7 Å². The van der Waals surface area contributed by atoms with Crippen LogP contribution in [0.15, 0.2) is 48.5 Å². The third kappa shape index (κ3) is 2.73. The van der Waals surface area contributed by atoms with Gasteiger partial charge in [0.2, 0.25) is 0 Å². The van der Waals surface area contributed by atoms with Gasteiger partial charge in [-0.05, 0) is 36.6 Å². The van der Waals surface area contributed by atoms with E-state index in [0.717, 1.165) is 17.7 Å². The lowest BCUT2D eigenvalue weighted by atomic mass is 10.00. The van der Waals surface area contributed by atoms with Crippen LogP contribution >= 0.6 is 0 Å². The zero-order chi connectivity index (χ0) is 17.3. The van der Waals surface area contributed by atoms with Gasteiger partial charge in [-0.1, -0.05) is 43.3 Å². The quantitative estimate of drug-likeness (QED) is 0.938. The van der Waals surface area contributed by atoms with Crippen LogP contribution in [0.5, 0.6) is 0 Å². The number of carbonyl (C=O) groups excluding carboxylic acids is 2. The highest BCUT2D eigenvalue weighted by molar-refractivity contribution is 6.01. The van der Waals surface area contributed by atoms with Gasteiger partial charge in [-0.2, -0.15) is 0 Å². The maximum Gasteiger partial charge on any atom is 0.258 e. The van der Waals surface area contributed by atoms with E-state index in [-0.39, 0.29) is 23.7 Å². The second kappa shape index (κ2) is 6.35. The Bertz CT molecular complexity index is 770. The average molecular weight is 323 g/mol. The van der Waals surface area contributed by atoms with Crippen molar-refractivity contribution >= 4 is 17.6 Å². The first kappa shape index (κ1) is 16.1. The van der Waals surface area contributed by atoms with Gasteiger partial charge in [0.1, 0.15) is 6.17 Å². The molecule has 0 fully saturated rings. The minimum Gasteiger partial charge on any atom is -0.545 e. The predicted molar refractivity (Wildman–Crippen MR) is 89.5 cm³/mol. The fourth-order valence-electron chi connectivity index (χ4n) is 2.97. The highest BCUT2D eigenvalue weighted by atomic mass is 16.4. The molecule has 2 atom stereocenters. The summed E-state index contributed by atoms with van der Waals surface area (Å²) in [7, 11) is 0. The van der Waals surface area contributed by atoms with E-state index >= 15 is 0 Å². The number of fused-ring (bicyclic) bond motifs is 1. The summed E-state index contributed by atoms with van der Waals surface area (Å²) in [4.78, 5) is 25.7. The number of nitrogens with one attached hydrogen (secondary N) is 1. The SMILES string of the molecule is CC[C@H](C)N1C(=O)c2ccccc2N[C@@H]1c1ccc(C(=O)[O-])cc1. The Balaban J connectivity index is 2.03. The lowest BCUT2D eigenvalue weighted by Crippen LogP contribution is -2.47. The van der Waals surface area contributed by atoms with Gasteiger partial charge in [-0.25, -0.2) is 0 Å². The number of hydrogen-bond donors (Lipinski definition) is 1. The molecule has 1 amide bonds. The zero-order valence-corrected chi connectivity index (χ0v) is 13.7. The van der Waals surface area contributed by atoms with E-state index in [4.69, 9.17) is 0 Å². The molecule has 5 heteroatoms. The highest BCUT2D eigenvalue weighted by Crippen LogP contribution is 2.34. The van der Waals surface area contributed by atoms with E-state index < -0.39 is 5.97 Å². The topological polar surface area (TPSA) is 72.5 Å². The predicted octanol–water partition coefficient (Wildman–Crippen LogP) is 2.42. The van der Waals surface area contributed by atoms with Gasteiger partial charge in [0.15, 0.2) is 0 Å². The van der Waals surface area contributed by atoms with Gasteiger partial charge < -0.3 is 20.1 Å². The number of carboxylic acids is 1. The van der Waals surface area contributed by atoms with Crippen LogP contribution in [0.2, 0.25) is 0 Å². The first-order chi connectivity index (χ1) is 11.5. The van der Waals surface area contributed by atoms with Gasteiger partial charge in [0, 0.05) is 11.7 Å². The van der Waals surface area contributed by atoms with Crippen LogP contribution in [0, 0.1) is 0 Å². The minimum absolute atomic E-state index is 0.0207. The summed E-state index contributed by atoms with van der Waals surface area (Å²) in [6, 6.07) is 13.9. The zero-order valence-electron chi connectivity index (χ0n) is 13.7. The van der Waals surface area contributed by atoms with E-state index in [9.17, 15) is 14.7 Å². The van der Waals surface area contributed by atoms with E-state index in [1.165, 1.54) is 12.1 Å². The van der Waals surface area contributed by atoms with Crippen molar-refractivity contribution in [2.45, 2.75) is 32.5 Å². The molecular formula is C19H19N2O3-. The Hall–Kier alpha value is -2.82. The molecule has 2 aromatic rings. The van der Waals surface area contributed by atoms with E-state index in [1.54, 1.807) is 12.1 Å². The molecule has 0 spiro atoms. The second-order valence-electron chi connectivity index (χ2n) is 5.97. The number of benzene rings is 2. The Labute approximate surface area is 140 Å². The normalized spacial score (nSPS) is 17.8. The summed E-state index contributed by atoms with van der Waals surface area (Å²) in [5.41, 5.74) is 2.40. The summed E-state index contributed by atoms with van der Waals surface area (Å²) < 4.78 is 0. The van der Waals surface area contributed by atoms with Crippen molar-refractivity contribution in [1.29, 1.82) is 0 Å². The number of nitrogens with zero attached hydrogens (tertiary/aromatic N) is 1. The molecule has 0 saturated heterocycles.